The highest BCUT2D eigenvalue weighted by molar-refractivity contribution is 5.60. The fourth-order valence-electron chi connectivity index (χ4n) is 2.60. The Morgan fingerprint density at radius 1 is 1.24 bits per heavy atom. The molecule has 3 rings (SSSR count). The molecule has 1 aromatic heterocycles. The zero-order valence-electron chi connectivity index (χ0n) is 13.4. The summed E-state index contributed by atoms with van der Waals surface area (Å²) in [4.78, 5) is 4.85. The average Bonchev–Trinajstić information content (AvgIpc) is 2.93. The van der Waals surface area contributed by atoms with E-state index >= 15 is 0 Å². The molecule has 0 bridgehead atoms. The second kappa shape index (κ2) is 4.72. The second-order valence-corrected chi connectivity index (χ2v) is 6.72. The smallest absolute Gasteiger partial charge is 0.140 e. The van der Waals surface area contributed by atoms with Crippen LogP contribution in [0.1, 0.15) is 37.7 Å². The van der Waals surface area contributed by atoms with Crippen LogP contribution in [0, 0.1) is 6.92 Å². The third kappa shape index (κ3) is 2.58. The summed E-state index contributed by atoms with van der Waals surface area (Å²) in [5, 5.41) is 4.41. The van der Waals surface area contributed by atoms with E-state index in [9.17, 15) is 0 Å². The van der Waals surface area contributed by atoms with Gasteiger partial charge < -0.3 is 4.57 Å². The Hall–Kier alpha value is -2.10. The number of aryl methyl sites for hydroxylation is 2. The Morgan fingerprint density at radius 2 is 2.00 bits per heavy atom. The van der Waals surface area contributed by atoms with Crippen LogP contribution in [0.2, 0.25) is 0 Å². The van der Waals surface area contributed by atoms with E-state index < -0.39 is 0 Å². The lowest BCUT2D eigenvalue weighted by atomic mass is 9.92. The Balaban J connectivity index is 2.03. The molecule has 0 N–H and O–H groups in total. The standard InChI is InChI=1S/C17H22N4/c1-12-14(10-20(5)19-12)11-21-8-6-7-13-9-15(17(2,3)4)18-16(13)21/h6-10H,11H2,1-5H3. The number of aromatic nitrogens is 4. The van der Waals surface area contributed by atoms with Crippen LogP contribution >= 0.6 is 0 Å². The lowest BCUT2D eigenvalue weighted by molar-refractivity contribution is 0.572. The number of pyridine rings is 1. The first-order valence-corrected chi connectivity index (χ1v) is 7.30. The van der Waals surface area contributed by atoms with Gasteiger partial charge in [0.25, 0.3) is 0 Å². The van der Waals surface area contributed by atoms with Crippen molar-refractivity contribution in [3.8, 4) is 11.4 Å². The van der Waals surface area contributed by atoms with Crippen LogP contribution in [0.25, 0.3) is 11.4 Å². The van der Waals surface area contributed by atoms with Gasteiger partial charge in [0.15, 0.2) is 0 Å². The van der Waals surface area contributed by atoms with Crippen LogP contribution in [0.3, 0.4) is 0 Å². The molecule has 0 saturated heterocycles. The van der Waals surface area contributed by atoms with Crippen molar-refractivity contribution >= 4 is 0 Å². The largest absolute Gasteiger partial charge is 0.328 e. The Labute approximate surface area is 125 Å². The van der Waals surface area contributed by atoms with Crippen LogP contribution < -0.4 is 0 Å². The Kier molecular flexibility index (Phi) is 3.12. The molecule has 0 atom stereocenters. The highest BCUT2D eigenvalue weighted by atomic mass is 15.3. The van der Waals surface area contributed by atoms with Crippen molar-refractivity contribution in [1.82, 2.24) is 19.3 Å². The summed E-state index contributed by atoms with van der Waals surface area (Å²) in [6.07, 6.45) is 4.17. The SMILES string of the molecule is Cc1nn(C)cc1Cn1cccc2cc(C(C)(C)C)nc1-2. The molecule has 4 nitrogen and oxygen atoms in total. The van der Waals surface area contributed by atoms with Gasteiger partial charge >= 0.3 is 0 Å². The van der Waals surface area contributed by atoms with Crippen molar-refractivity contribution < 1.29 is 0 Å². The van der Waals surface area contributed by atoms with E-state index in [1.807, 2.05) is 11.7 Å². The highest BCUT2D eigenvalue weighted by Gasteiger charge is 2.21. The van der Waals surface area contributed by atoms with Gasteiger partial charge in [-0.25, -0.2) is 4.98 Å². The zero-order chi connectivity index (χ0) is 15.2. The average molecular weight is 282 g/mol. The van der Waals surface area contributed by atoms with E-state index in [1.165, 1.54) is 11.1 Å². The summed E-state index contributed by atoms with van der Waals surface area (Å²) in [5.41, 5.74) is 4.71. The van der Waals surface area contributed by atoms with Gasteiger partial charge in [-0.15, -0.1) is 0 Å². The molecule has 2 aliphatic rings. The van der Waals surface area contributed by atoms with E-state index in [1.54, 1.807) is 0 Å². The van der Waals surface area contributed by atoms with E-state index in [0.29, 0.717) is 0 Å². The molecule has 0 aliphatic carbocycles. The summed E-state index contributed by atoms with van der Waals surface area (Å²) in [6, 6.07) is 6.41. The molecule has 0 unspecified atom stereocenters. The van der Waals surface area contributed by atoms with Crippen LogP contribution in [0.4, 0.5) is 0 Å². The second-order valence-electron chi connectivity index (χ2n) is 6.72. The maximum atomic E-state index is 4.85. The quantitative estimate of drug-likeness (QED) is 0.722. The predicted molar refractivity (Wildman–Crippen MR) is 84.6 cm³/mol. The molecule has 4 heteroatoms. The molecule has 0 amide bonds. The van der Waals surface area contributed by atoms with Crippen LogP contribution in [-0.4, -0.2) is 19.3 Å². The predicted octanol–water partition coefficient (Wildman–Crippen LogP) is 3.38. The van der Waals surface area contributed by atoms with Crippen LogP contribution in [-0.2, 0) is 19.0 Å². The van der Waals surface area contributed by atoms with Crippen molar-refractivity contribution in [3.63, 3.8) is 0 Å². The Morgan fingerprint density at radius 3 is 2.62 bits per heavy atom. The summed E-state index contributed by atoms with van der Waals surface area (Å²) in [6.45, 7) is 9.45. The molecular formula is C17H22N4. The summed E-state index contributed by atoms with van der Waals surface area (Å²) >= 11 is 0. The normalized spacial score (nSPS) is 12.2. The van der Waals surface area contributed by atoms with Crippen molar-refractivity contribution in [2.24, 2.45) is 7.05 Å². The van der Waals surface area contributed by atoms with Crippen molar-refractivity contribution in [2.75, 3.05) is 0 Å². The summed E-state index contributed by atoms with van der Waals surface area (Å²) in [7, 11) is 1.96. The van der Waals surface area contributed by atoms with E-state index in [2.05, 4.69) is 68.0 Å². The molecule has 2 aliphatic heterocycles. The first-order valence-electron chi connectivity index (χ1n) is 7.30. The van der Waals surface area contributed by atoms with Crippen molar-refractivity contribution in [1.29, 1.82) is 0 Å². The summed E-state index contributed by atoms with van der Waals surface area (Å²) in [5.74, 6) is 1.05. The number of fused-ring (bicyclic) bond motifs is 1. The van der Waals surface area contributed by atoms with Gasteiger partial charge in [-0.2, -0.15) is 5.10 Å². The molecule has 0 radical (unpaired) electrons. The molecule has 110 valence electrons. The molecule has 0 aromatic carbocycles. The molecule has 0 fully saturated rings. The number of rotatable bonds is 2. The molecule has 0 saturated carbocycles. The third-order valence-electron chi connectivity index (χ3n) is 3.81. The van der Waals surface area contributed by atoms with Crippen molar-refractivity contribution in [2.45, 2.75) is 39.7 Å². The van der Waals surface area contributed by atoms with Crippen molar-refractivity contribution in [3.05, 3.63) is 47.5 Å². The maximum Gasteiger partial charge on any atom is 0.140 e. The van der Waals surface area contributed by atoms with Gasteiger partial charge in [-0.1, -0.05) is 20.8 Å². The van der Waals surface area contributed by atoms with E-state index in [0.717, 1.165) is 23.8 Å². The fraction of sp³-hybridized carbons (Fsp3) is 0.412. The monoisotopic (exact) mass is 282 g/mol. The van der Waals surface area contributed by atoms with Crippen LogP contribution in [0.15, 0.2) is 30.6 Å². The first-order chi connectivity index (χ1) is 9.84. The number of hydrogen-bond donors (Lipinski definition) is 0. The van der Waals surface area contributed by atoms with Gasteiger partial charge in [-0.3, -0.25) is 4.68 Å². The van der Waals surface area contributed by atoms with Gasteiger partial charge in [-0.05, 0) is 25.1 Å². The molecule has 3 heterocycles. The van der Waals surface area contributed by atoms with Gasteiger partial charge in [0.05, 0.1) is 12.2 Å². The third-order valence-corrected chi connectivity index (χ3v) is 3.81. The van der Waals surface area contributed by atoms with E-state index in [-0.39, 0.29) is 5.41 Å². The molecular weight excluding hydrogens is 260 g/mol. The summed E-state index contributed by atoms with van der Waals surface area (Å²) < 4.78 is 4.07. The molecule has 1 aromatic rings. The molecule has 0 spiro atoms. The minimum atomic E-state index is 0.0705. The highest BCUT2D eigenvalue weighted by Crippen LogP contribution is 2.30. The van der Waals surface area contributed by atoms with Gasteiger partial charge in [0, 0.05) is 41.7 Å². The molecule has 21 heavy (non-hydrogen) atoms. The van der Waals surface area contributed by atoms with Gasteiger partial charge in [0.2, 0.25) is 0 Å². The topological polar surface area (TPSA) is 35.6 Å². The Bertz CT molecular complexity index is 743. The van der Waals surface area contributed by atoms with Gasteiger partial charge in [0.1, 0.15) is 5.82 Å². The van der Waals surface area contributed by atoms with E-state index in [4.69, 9.17) is 4.98 Å². The zero-order valence-corrected chi connectivity index (χ0v) is 13.4. The lowest BCUT2D eigenvalue weighted by Gasteiger charge is -2.14. The number of nitrogens with zero attached hydrogens (tertiary/aromatic N) is 4. The maximum absolute atomic E-state index is 4.85. The minimum Gasteiger partial charge on any atom is -0.328 e. The first kappa shape index (κ1) is 13.9. The number of hydrogen-bond acceptors (Lipinski definition) is 2. The minimum absolute atomic E-state index is 0.0705. The fourth-order valence-corrected chi connectivity index (χ4v) is 2.60. The van der Waals surface area contributed by atoms with Crippen LogP contribution in [0.5, 0.6) is 0 Å². The lowest BCUT2D eigenvalue weighted by Crippen LogP contribution is -2.11.